The first-order valence-electron chi connectivity index (χ1n) is 9.32. The number of rotatable bonds is 3. The normalized spacial score (nSPS) is 18.8. The third-order valence-electron chi connectivity index (χ3n) is 5.13. The lowest BCUT2D eigenvalue weighted by atomic mass is 10.0. The minimum absolute atomic E-state index is 0.0625. The minimum Gasteiger partial charge on any atom is -0.371 e. The second-order valence-electron chi connectivity index (χ2n) is 7.03. The molecular formula is C20H20F3N3O3. The Kier molecular flexibility index (Phi) is 5.18. The maximum atomic E-state index is 12.8. The predicted octanol–water partition coefficient (Wildman–Crippen LogP) is 3.70. The van der Waals surface area contributed by atoms with Crippen LogP contribution in [0, 0.1) is 0 Å². The number of nitrogens with zero attached hydrogens (tertiary/aromatic N) is 2. The van der Waals surface area contributed by atoms with Crippen LogP contribution in [0.15, 0.2) is 42.6 Å². The molecule has 6 nitrogen and oxygen atoms in total. The summed E-state index contributed by atoms with van der Waals surface area (Å²) in [7, 11) is 0. The molecule has 1 N–H and O–H groups in total. The molecule has 154 valence electrons. The summed E-state index contributed by atoms with van der Waals surface area (Å²) in [4.78, 5) is 18.7. The van der Waals surface area contributed by atoms with E-state index in [-0.39, 0.29) is 11.4 Å². The van der Waals surface area contributed by atoms with Gasteiger partial charge in [0.15, 0.2) is 5.79 Å². The van der Waals surface area contributed by atoms with Gasteiger partial charge in [0, 0.05) is 43.5 Å². The number of alkyl halides is 3. The zero-order valence-electron chi connectivity index (χ0n) is 15.5. The van der Waals surface area contributed by atoms with Crippen LogP contribution < -0.4 is 10.2 Å². The van der Waals surface area contributed by atoms with Crippen LogP contribution in [0.1, 0.15) is 28.9 Å². The number of hydrogen-bond donors (Lipinski definition) is 1. The second kappa shape index (κ2) is 7.64. The molecule has 2 aliphatic rings. The average Bonchev–Trinajstić information content (AvgIpc) is 3.16. The highest BCUT2D eigenvalue weighted by atomic mass is 19.4. The molecule has 29 heavy (non-hydrogen) atoms. The Bertz CT molecular complexity index is 888. The summed E-state index contributed by atoms with van der Waals surface area (Å²) >= 11 is 0. The van der Waals surface area contributed by atoms with Crippen molar-refractivity contribution in [3.8, 4) is 0 Å². The van der Waals surface area contributed by atoms with Gasteiger partial charge in [-0.25, -0.2) is 0 Å². The minimum atomic E-state index is -4.47. The molecule has 0 saturated carbocycles. The topological polar surface area (TPSA) is 63.7 Å². The van der Waals surface area contributed by atoms with Gasteiger partial charge in [0.25, 0.3) is 5.91 Å². The van der Waals surface area contributed by atoms with Gasteiger partial charge < -0.3 is 19.7 Å². The van der Waals surface area contributed by atoms with Crippen molar-refractivity contribution in [1.29, 1.82) is 0 Å². The zero-order valence-corrected chi connectivity index (χ0v) is 15.5. The smallest absolute Gasteiger partial charge is 0.371 e. The van der Waals surface area contributed by atoms with E-state index in [9.17, 15) is 18.0 Å². The Labute approximate surface area is 165 Å². The van der Waals surface area contributed by atoms with E-state index in [4.69, 9.17) is 9.47 Å². The molecule has 2 aliphatic heterocycles. The molecule has 0 radical (unpaired) electrons. The van der Waals surface area contributed by atoms with Crippen molar-refractivity contribution < 1.29 is 27.4 Å². The molecule has 1 amide bonds. The lowest BCUT2D eigenvalue weighted by Gasteiger charge is -2.38. The molecule has 0 bridgehead atoms. The number of carbonyl (C=O) groups is 1. The maximum Gasteiger partial charge on any atom is 0.416 e. The number of hydrogen-bond acceptors (Lipinski definition) is 5. The monoisotopic (exact) mass is 407 g/mol. The predicted molar refractivity (Wildman–Crippen MR) is 99.7 cm³/mol. The summed E-state index contributed by atoms with van der Waals surface area (Å²) in [6.07, 6.45) is -1.51. The molecule has 1 aromatic heterocycles. The highest BCUT2D eigenvalue weighted by Crippen LogP contribution is 2.33. The molecule has 0 unspecified atom stereocenters. The molecule has 9 heteroatoms. The fourth-order valence-corrected chi connectivity index (χ4v) is 3.60. The van der Waals surface area contributed by atoms with E-state index in [2.05, 4.69) is 15.2 Å². The van der Waals surface area contributed by atoms with Gasteiger partial charge in [-0.2, -0.15) is 13.2 Å². The van der Waals surface area contributed by atoms with Crippen LogP contribution in [0.25, 0.3) is 0 Å². The molecule has 0 atom stereocenters. The summed E-state index contributed by atoms with van der Waals surface area (Å²) < 4.78 is 50.0. The van der Waals surface area contributed by atoms with Crippen molar-refractivity contribution in [2.24, 2.45) is 0 Å². The Hall–Kier alpha value is -2.65. The van der Waals surface area contributed by atoms with Gasteiger partial charge in [-0.05, 0) is 30.3 Å². The molecule has 3 heterocycles. The number of nitrogens with one attached hydrogen (secondary N) is 1. The lowest BCUT2D eigenvalue weighted by Crippen LogP contribution is -2.45. The summed E-state index contributed by atoms with van der Waals surface area (Å²) in [6.45, 7) is 2.63. The second-order valence-corrected chi connectivity index (χ2v) is 7.03. The van der Waals surface area contributed by atoms with Crippen molar-refractivity contribution in [1.82, 2.24) is 4.98 Å². The van der Waals surface area contributed by atoms with Crippen LogP contribution in [0.2, 0.25) is 0 Å². The number of anilines is 2. The van der Waals surface area contributed by atoms with E-state index in [0.717, 1.165) is 30.7 Å². The third kappa shape index (κ3) is 4.35. The highest BCUT2D eigenvalue weighted by Gasteiger charge is 2.39. The third-order valence-corrected chi connectivity index (χ3v) is 5.13. The fraction of sp³-hybridized carbons (Fsp3) is 0.400. The van der Waals surface area contributed by atoms with Crippen molar-refractivity contribution in [2.45, 2.75) is 24.8 Å². The number of amides is 1. The number of piperidine rings is 1. The van der Waals surface area contributed by atoms with Crippen LogP contribution in [0.3, 0.4) is 0 Å². The fourth-order valence-electron chi connectivity index (χ4n) is 3.60. The van der Waals surface area contributed by atoms with E-state index in [1.165, 1.54) is 18.3 Å². The van der Waals surface area contributed by atoms with Crippen LogP contribution in [-0.2, 0) is 15.7 Å². The van der Waals surface area contributed by atoms with Gasteiger partial charge in [0.2, 0.25) is 0 Å². The Morgan fingerprint density at radius 3 is 2.52 bits per heavy atom. The molecule has 2 aromatic rings. The number of halogens is 3. The van der Waals surface area contributed by atoms with Crippen LogP contribution in [-0.4, -0.2) is 43.0 Å². The summed E-state index contributed by atoms with van der Waals surface area (Å²) in [6, 6.07) is 7.94. The van der Waals surface area contributed by atoms with Gasteiger partial charge in [0.05, 0.1) is 18.8 Å². The number of carbonyl (C=O) groups excluding carboxylic acids is 1. The van der Waals surface area contributed by atoms with E-state index in [0.29, 0.717) is 26.3 Å². The van der Waals surface area contributed by atoms with Crippen molar-refractivity contribution >= 4 is 17.3 Å². The highest BCUT2D eigenvalue weighted by molar-refractivity contribution is 6.03. The Morgan fingerprint density at radius 1 is 1.10 bits per heavy atom. The number of pyridine rings is 1. The van der Waals surface area contributed by atoms with Gasteiger partial charge in [-0.3, -0.25) is 9.78 Å². The number of aromatic nitrogens is 1. The molecule has 4 rings (SSSR count). The van der Waals surface area contributed by atoms with Crippen molar-refractivity contribution in [3.63, 3.8) is 0 Å². The van der Waals surface area contributed by atoms with Crippen molar-refractivity contribution in [2.75, 3.05) is 36.5 Å². The maximum absolute atomic E-state index is 12.8. The Balaban J connectivity index is 1.44. The number of benzene rings is 1. The van der Waals surface area contributed by atoms with Crippen LogP contribution >= 0.6 is 0 Å². The van der Waals surface area contributed by atoms with Crippen LogP contribution in [0.5, 0.6) is 0 Å². The largest absolute Gasteiger partial charge is 0.416 e. The number of ether oxygens (including phenoxy) is 2. The molecular weight excluding hydrogens is 387 g/mol. The Morgan fingerprint density at radius 2 is 1.83 bits per heavy atom. The van der Waals surface area contributed by atoms with E-state index in [1.807, 2.05) is 0 Å². The molecule has 2 fully saturated rings. The first-order valence-corrected chi connectivity index (χ1v) is 9.32. The van der Waals surface area contributed by atoms with Gasteiger partial charge >= 0.3 is 6.18 Å². The van der Waals surface area contributed by atoms with E-state index >= 15 is 0 Å². The summed E-state index contributed by atoms with van der Waals surface area (Å²) in [5.74, 6) is -1.06. The molecule has 1 spiro atoms. The van der Waals surface area contributed by atoms with E-state index < -0.39 is 23.4 Å². The van der Waals surface area contributed by atoms with Gasteiger partial charge in [-0.15, -0.1) is 0 Å². The quantitative estimate of drug-likeness (QED) is 0.841. The zero-order chi connectivity index (χ0) is 20.5. The molecule has 0 aliphatic carbocycles. The first kappa shape index (κ1) is 19.7. The lowest BCUT2D eigenvalue weighted by molar-refractivity contribution is -0.169. The standard InChI is InChI=1S/C20H20F3N3O3/c21-20(22,23)14-2-1-3-15(12-14)25-18(27)17-13-16(4-7-24-17)26-8-5-19(6-9-26)28-10-11-29-19/h1-4,7,12-13H,5-6,8-11H2,(H,25,27). The average molecular weight is 407 g/mol. The summed E-state index contributed by atoms with van der Waals surface area (Å²) in [5.41, 5.74) is 0.193. The molecule has 1 aromatic carbocycles. The van der Waals surface area contributed by atoms with Crippen LogP contribution in [0.4, 0.5) is 24.5 Å². The van der Waals surface area contributed by atoms with Crippen molar-refractivity contribution in [3.05, 3.63) is 53.9 Å². The van der Waals surface area contributed by atoms with E-state index in [1.54, 1.807) is 12.1 Å². The summed E-state index contributed by atoms with van der Waals surface area (Å²) in [5, 5.41) is 2.48. The van der Waals surface area contributed by atoms with Gasteiger partial charge in [-0.1, -0.05) is 6.07 Å². The first-order chi connectivity index (χ1) is 13.8. The SMILES string of the molecule is O=C(Nc1cccc(C(F)(F)F)c1)c1cc(N2CCC3(CC2)OCCO3)ccn1. The molecule has 2 saturated heterocycles. The van der Waals surface area contributed by atoms with Gasteiger partial charge in [0.1, 0.15) is 5.69 Å².